The number of pyridine rings is 1. The second-order valence-electron chi connectivity index (χ2n) is 11.1. The fourth-order valence-electron chi connectivity index (χ4n) is 5.51. The van der Waals surface area contributed by atoms with E-state index in [1.165, 1.54) is 0 Å². The van der Waals surface area contributed by atoms with E-state index in [9.17, 15) is 9.59 Å². The summed E-state index contributed by atoms with van der Waals surface area (Å²) in [5, 5.41) is 7.89. The highest BCUT2D eigenvalue weighted by atomic mass is 35.5. The van der Waals surface area contributed by atoms with E-state index in [-0.39, 0.29) is 30.7 Å². The summed E-state index contributed by atoms with van der Waals surface area (Å²) in [6, 6.07) is 16.0. The van der Waals surface area contributed by atoms with E-state index in [1.54, 1.807) is 0 Å². The fourth-order valence-corrected chi connectivity index (χ4v) is 5.70. The van der Waals surface area contributed by atoms with Gasteiger partial charge in [-0.3, -0.25) is 14.5 Å². The maximum atomic E-state index is 12.6. The van der Waals surface area contributed by atoms with Crippen LogP contribution in [-0.2, 0) is 16.1 Å². The molecular weight excluding hydrogens is 524 g/mol. The number of piperazine rings is 1. The molecule has 2 amide bonds. The predicted octanol–water partition coefficient (Wildman–Crippen LogP) is 4.45. The van der Waals surface area contributed by atoms with E-state index < -0.39 is 0 Å². The Morgan fingerprint density at radius 1 is 0.950 bits per heavy atom. The van der Waals surface area contributed by atoms with Crippen LogP contribution in [0.2, 0.25) is 5.02 Å². The van der Waals surface area contributed by atoms with Crippen LogP contribution in [0, 0.1) is 6.92 Å². The lowest BCUT2D eigenvalue weighted by atomic mass is 10.0. The molecule has 2 saturated heterocycles. The highest BCUT2D eigenvalue weighted by Gasteiger charge is 2.22. The van der Waals surface area contributed by atoms with E-state index in [0.29, 0.717) is 0 Å². The van der Waals surface area contributed by atoms with Gasteiger partial charge < -0.3 is 20.4 Å². The van der Waals surface area contributed by atoms with Gasteiger partial charge in [0.2, 0.25) is 11.8 Å². The van der Waals surface area contributed by atoms with Gasteiger partial charge in [-0.15, -0.1) is 0 Å². The second kappa shape index (κ2) is 13.0. The van der Waals surface area contributed by atoms with Gasteiger partial charge in [0.15, 0.2) is 0 Å². The van der Waals surface area contributed by atoms with Gasteiger partial charge >= 0.3 is 0 Å². The third-order valence-corrected chi connectivity index (χ3v) is 8.37. The summed E-state index contributed by atoms with van der Waals surface area (Å²) >= 11 is 6.30. The number of piperidine rings is 1. The standard InChI is InChI=1S/C31H39ClN6O2/c1-22-19-29(38-17-15-36(2)16-18-38)35-28-8-7-25(20-26(22)28)34-31(40)10-9-30(39)33-24-11-13-37(14-12-24)21-23-5-3-4-6-27(23)32/h3-8,19-20,24H,9-18,21H2,1-2H3,(H,33,39)(H,34,40). The van der Waals surface area contributed by atoms with Gasteiger partial charge in [-0.1, -0.05) is 29.8 Å². The van der Waals surface area contributed by atoms with Crippen molar-refractivity contribution in [1.29, 1.82) is 0 Å². The molecule has 5 rings (SSSR count). The van der Waals surface area contributed by atoms with Crippen molar-refractivity contribution in [3.8, 4) is 0 Å². The molecule has 0 atom stereocenters. The van der Waals surface area contributed by atoms with Crippen molar-refractivity contribution in [2.75, 3.05) is 56.5 Å². The lowest BCUT2D eigenvalue weighted by molar-refractivity contribution is -0.125. The third-order valence-electron chi connectivity index (χ3n) is 8.00. The van der Waals surface area contributed by atoms with Crippen molar-refractivity contribution in [3.63, 3.8) is 0 Å². The van der Waals surface area contributed by atoms with Crippen molar-refractivity contribution in [2.24, 2.45) is 0 Å². The van der Waals surface area contributed by atoms with E-state index in [2.05, 4.69) is 51.4 Å². The quantitative estimate of drug-likeness (QED) is 0.422. The number of carbonyl (C=O) groups excluding carboxylic acids is 2. The smallest absolute Gasteiger partial charge is 0.224 e. The number of aryl methyl sites for hydroxylation is 1. The number of aromatic nitrogens is 1. The molecule has 8 nitrogen and oxygen atoms in total. The van der Waals surface area contributed by atoms with Crippen LogP contribution in [0.3, 0.4) is 0 Å². The maximum absolute atomic E-state index is 12.6. The number of hydrogen-bond donors (Lipinski definition) is 2. The number of fused-ring (bicyclic) bond motifs is 1. The van der Waals surface area contributed by atoms with Gasteiger partial charge in [-0.05, 0) is 68.3 Å². The summed E-state index contributed by atoms with van der Waals surface area (Å²) in [6.07, 6.45) is 2.11. The first-order chi connectivity index (χ1) is 19.3. The van der Waals surface area contributed by atoms with E-state index in [1.807, 2.05) is 36.4 Å². The predicted molar refractivity (Wildman–Crippen MR) is 162 cm³/mol. The number of hydrogen-bond acceptors (Lipinski definition) is 6. The van der Waals surface area contributed by atoms with Gasteiger partial charge in [0.05, 0.1) is 5.52 Å². The number of likely N-dealkylation sites (tertiary alicyclic amines) is 1. The van der Waals surface area contributed by atoms with Crippen molar-refractivity contribution in [1.82, 2.24) is 20.1 Å². The van der Waals surface area contributed by atoms with Crippen LogP contribution in [0.4, 0.5) is 11.5 Å². The summed E-state index contributed by atoms with van der Waals surface area (Å²) in [6.45, 7) is 8.73. The van der Waals surface area contributed by atoms with Gasteiger partial charge in [0, 0.05) is 80.8 Å². The Hall–Kier alpha value is -3.20. The number of carbonyl (C=O) groups is 2. The Balaban J connectivity index is 1.07. The Morgan fingerprint density at radius 3 is 2.42 bits per heavy atom. The number of benzene rings is 2. The molecule has 212 valence electrons. The van der Waals surface area contributed by atoms with E-state index in [0.717, 1.165) is 97.2 Å². The molecule has 2 N–H and O–H groups in total. The van der Waals surface area contributed by atoms with Crippen molar-refractivity contribution in [2.45, 2.75) is 45.2 Å². The minimum Gasteiger partial charge on any atom is -0.354 e. The van der Waals surface area contributed by atoms with E-state index in [4.69, 9.17) is 16.6 Å². The molecule has 2 fully saturated rings. The molecule has 2 aromatic carbocycles. The first-order valence-electron chi connectivity index (χ1n) is 14.2. The highest BCUT2D eigenvalue weighted by molar-refractivity contribution is 6.31. The molecule has 0 unspecified atom stereocenters. The van der Waals surface area contributed by atoms with Gasteiger partial charge in [0.25, 0.3) is 0 Å². The Kier molecular flexibility index (Phi) is 9.19. The largest absolute Gasteiger partial charge is 0.354 e. The Bertz CT molecular complexity index is 1350. The average molecular weight is 563 g/mol. The molecule has 9 heteroatoms. The lowest BCUT2D eigenvalue weighted by Gasteiger charge is -2.33. The minimum absolute atomic E-state index is 0.0744. The number of nitrogens with one attached hydrogen (secondary N) is 2. The lowest BCUT2D eigenvalue weighted by Crippen LogP contribution is -2.44. The molecule has 40 heavy (non-hydrogen) atoms. The molecule has 0 bridgehead atoms. The van der Waals surface area contributed by atoms with Gasteiger partial charge in [-0.2, -0.15) is 0 Å². The maximum Gasteiger partial charge on any atom is 0.224 e. The summed E-state index contributed by atoms with van der Waals surface area (Å²) in [5.41, 5.74) is 3.91. The van der Waals surface area contributed by atoms with Crippen LogP contribution in [0.15, 0.2) is 48.5 Å². The normalized spacial score (nSPS) is 17.2. The number of anilines is 2. The van der Waals surface area contributed by atoms with Crippen LogP contribution in [-0.4, -0.2) is 79.0 Å². The SMILES string of the molecule is Cc1cc(N2CCN(C)CC2)nc2ccc(NC(=O)CCC(=O)NC3CCN(Cc4ccccc4Cl)CC3)cc12. The summed E-state index contributed by atoms with van der Waals surface area (Å²) in [4.78, 5) is 37.1. The minimum atomic E-state index is -0.163. The highest BCUT2D eigenvalue weighted by Crippen LogP contribution is 2.26. The molecular formula is C31H39ClN6O2. The zero-order valence-electron chi connectivity index (χ0n) is 23.5. The third kappa shape index (κ3) is 7.30. The number of nitrogens with zero attached hydrogens (tertiary/aromatic N) is 4. The molecule has 0 aliphatic carbocycles. The topological polar surface area (TPSA) is 80.8 Å². The molecule has 0 spiro atoms. The summed E-state index contributed by atoms with van der Waals surface area (Å²) in [7, 11) is 2.15. The van der Waals surface area contributed by atoms with Crippen molar-refractivity contribution < 1.29 is 9.59 Å². The number of rotatable bonds is 8. The molecule has 0 saturated carbocycles. The summed E-state index contributed by atoms with van der Waals surface area (Å²) < 4.78 is 0. The molecule has 2 aliphatic heterocycles. The van der Waals surface area contributed by atoms with Crippen LogP contribution < -0.4 is 15.5 Å². The molecule has 3 heterocycles. The van der Waals surface area contributed by atoms with Gasteiger partial charge in [0.1, 0.15) is 5.82 Å². The molecule has 3 aromatic rings. The van der Waals surface area contributed by atoms with E-state index >= 15 is 0 Å². The molecule has 2 aliphatic rings. The first kappa shape index (κ1) is 28.3. The van der Waals surface area contributed by atoms with Crippen LogP contribution in [0.25, 0.3) is 10.9 Å². The monoisotopic (exact) mass is 562 g/mol. The molecule has 0 radical (unpaired) electrons. The Labute approximate surface area is 241 Å². The zero-order valence-corrected chi connectivity index (χ0v) is 24.2. The van der Waals surface area contributed by atoms with Crippen LogP contribution >= 0.6 is 11.6 Å². The first-order valence-corrected chi connectivity index (χ1v) is 14.6. The summed E-state index contributed by atoms with van der Waals surface area (Å²) in [5.74, 6) is 0.769. The number of halogens is 1. The Morgan fingerprint density at radius 2 is 1.68 bits per heavy atom. The zero-order chi connectivity index (χ0) is 28.1. The molecule has 1 aromatic heterocycles. The van der Waals surface area contributed by atoms with Crippen LogP contribution in [0.5, 0.6) is 0 Å². The number of likely N-dealkylation sites (N-methyl/N-ethyl adjacent to an activating group) is 1. The average Bonchev–Trinajstić information content (AvgIpc) is 2.95. The van der Waals surface area contributed by atoms with Crippen molar-refractivity contribution >= 4 is 45.8 Å². The second-order valence-corrected chi connectivity index (χ2v) is 11.5. The number of amides is 2. The van der Waals surface area contributed by atoms with Gasteiger partial charge in [-0.25, -0.2) is 4.98 Å². The van der Waals surface area contributed by atoms with Crippen molar-refractivity contribution in [3.05, 3.63) is 64.7 Å². The van der Waals surface area contributed by atoms with Crippen LogP contribution in [0.1, 0.15) is 36.8 Å². The fraction of sp³-hybridized carbons (Fsp3) is 0.452.